The van der Waals surface area contributed by atoms with Gasteiger partial charge in [-0.05, 0) is 20.3 Å². The third kappa shape index (κ3) is 8.12. The molecule has 0 fully saturated rings. The van der Waals surface area contributed by atoms with Crippen molar-refractivity contribution in [2.24, 2.45) is 0 Å². The lowest BCUT2D eigenvalue weighted by Crippen LogP contribution is -2.53. The van der Waals surface area contributed by atoms with Crippen molar-refractivity contribution in [2.75, 3.05) is 12.8 Å². The Bertz CT molecular complexity index is 351. The summed E-state index contributed by atoms with van der Waals surface area (Å²) in [5, 5.41) is 11.8. The Labute approximate surface area is 103 Å². The first-order chi connectivity index (χ1) is 7.57. The minimum absolute atomic E-state index is 0.261. The second-order valence-corrected chi connectivity index (χ2v) is 6.57. The van der Waals surface area contributed by atoms with Crippen molar-refractivity contribution in [3.05, 3.63) is 0 Å². The summed E-state index contributed by atoms with van der Waals surface area (Å²) in [4.78, 5) is 10.9. The first-order valence-electron chi connectivity index (χ1n) is 5.52. The average molecular weight is 266 g/mol. The first kappa shape index (κ1) is 16.3. The molecule has 0 saturated carbocycles. The molecule has 17 heavy (non-hydrogen) atoms. The fraction of sp³-hybridized carbons (Fsp3) is 0.900. The number of carboxylic acid groups (broad SMARTS) is 1. The molecule has 1 atom stereocenters. The summed E-state index contributed by atoms with van der Waals surface area (Å²) in [6.07, 6.45) is 2.35. The topological polar surface area (TPSA) is 95.5 Å². The maximum absolute atomic E-state index is 11.1. The lowest BCUT2D eigenvalue weighted by atomic mass is 10.1. The number of hydrogen-bond donors (Lipinski definition) is 3. The van der Waals surface area contributed by atoms with E-state index >= 15 is 0 Å². The van der Waals surface area contributed by atoms with Gasteiger partial charge in [0.2, 0.25) is 10.0 Å². The number of carboxylic acids is 1. The molecule has 0 saturated heterocycles. The molecule has 0 heterocycles. The number of nitrogens with one attached hydrogen (secondary N) is 2. The van der Waals surface area contributed by atoms with Crippen LogP contribution >= 0.6 is 0 Å². The van der Waals surface area contributed by atoms with Gasteiger partial charge in [0.25, 0.3) is 0 Å². The molecule has 0 aliphatic carbocycles. The maximum atomic E-state index is 11.1. The monoisotopic (exact) mass is 266 g/mol. The average Bonchev–Trinajstić information content (AvgIpc) is 2.07. The van der Waals surface area contributed by atoms with E-state index in [9.17, 15) is 13.2 Å². The molecular weight excluding hydrogens is 244 g/mol. The van der Waals surface area contributed by atoms with Gasteiger partial charge in [0.15, 0.2) is 0 Å². The van der Waals surface area contributed by atoms with Crippen molar-refractivity contribution in [2.45, 2.75) is 45.2 Å². The van der Waals surface area contributed by atoms with Crippen LogP contribution in [0.5, 0.6) is 0 Å². The minimum Gasteiger partial charge on any atom is -0.480 e. The number of carbonyl (C=O) groups is 1. The summed E-state index contributed by atoms with van der Waals surface area (Å²) in [7, 11) is -3.30. The zero-order chi connectivity index (χ0) is 13.7. The summed E-state index contributed by atoms with van der Waals surface area (Å²) >= 11 is 0. The predicted molar refractivity (Wildman–Crippen MR) is 66.4 cm³/mol. The molecule has 0 amide bonds. The molecule has 7 heteroatoms. The third-order valence-corrected chi connectivity index (χ3v) is 3.05. The van der Waals surface area contributed by atoms with E-state index in [0.29, 0.717) is 6.42 Å². The van der Waals surface area contributed by atoms with Gasteiger partial charge in [-0.2, -0.15) is 0 Å². The molecule has 0 aliphatic heterocycles. The largest absolute Gasteiger partial charge is 0.480 e. The van der Waals surface area contributed by atoms with E-state index in [1.54, 1.807) is 13.8 Å². The van der Waals surface area contributed by atoms with E-state index in [4.69, 9.17) is 5.11 Å². The van der Waals surface area contributed by atoms with E-state index in [1.807, 2.05) is 6.92 Å². The Balaban J connectivity index is 4.37. The number of aliphatic carboxylic acids is 1. The SMILES string of the molecule is CCCC(NCC(C)(C)NS(C)(=O)=O)C(=O)O. The van der Waals surface area contributed by atoms with Crippen LogP contribution in [0.15, 0.2) is 0 Å². The predicted octanol–water partition coefficient (Wildman–Crippen LogP) is 0.157. The highest BCUT2D eigenvalue weighted by atomic mass is 32.2. The summed E-state index contributed by atoms with van der Waals surface area (Å²) < 4.78 is 24.6. The molecule has 0 rings (SSSR count). The second-order valence-electron chi connectivity index (χ2n) is 4.82. The summed E-state index contributed by atoms with van der Waals surface area (Å²) in [5.74, 6) is -0.915. The highest BCUT2D eigenvalue weighted by molar-refractivity contribution is 7.88. The molecular formula is C10H22N2O4S. The van der Waals surface area contributed by atoms with Crippen molar-refractivity contribution >= 4 is 16.0 Å². The Morgan fingerprint density at radius 3 is 2.29 bits per heavy atom. The zero-order valence-corrected chi connectivity index (χ0v) is 11.6. The van der Waals surface area contributed by atoms with Gasteiger partial charge in [0.1, 0.15) is 6.04 Å². The van der Waals surface area contributed by atoms with Gasteiger partial charge in [-0.15, -0.1) is 0 Å². The Hall–Kier alpha value is -0.660. The highest BCUT2D eigenvalue weighted by Gasteiger charge is 2.25. The molecule has 6 nitrogen and oxygen atoms in total. The number of rotatable bonds is 8. The Morgan fingerprint density at radius 1 is 1.41 bits per heavy atom. The van der Waals surface area contributed by atoms with Gasteiger partial charge in [0.05, 0.1) is 6.26 Å². The van der Waals surface area contributed by atoms with E-state index in [-0.39, 0.29) is 6.54 Å². The van der Waals surface area contributed by atoms with Crippen molar-refractivity contribution in [1.82, 2.24) is 10.0 Å². The molecule has 0 aromatic carbocycles. The minimum atomic E-state index is -3.30. The molecule has 1 unspecified atom stereocenters. The zero-order valence-electron chi connectivity index (χ0n) is 10.8. The van der Waals surface area contributed by atoms with E-state index in [0.717, 1.165) is 12.7 Å². The Kier molecular flexibility index (Phi) is 6.08. The molecule has 0 aliphatic rings. The smallest absolute Gasteiger partial charge is 0.320 e. The molecule has 0 bridgehead atoms. The molecule has 0 aromatic heterocycles. The Morgan fingerprint density at radius 2 is 1.94 bits per heavy atom. The lowest BCUT2D eigenvalue weighted by Gasteiger charge is -2.27. The number of hydrogen-bond acceptors (Lipinski definition) is 4. The molecule has 102 valence electrons. The standard InChI is InChI=1S/C10H22N2O4S/c1-5-6-8(9(13)14)11-7-10(2,3)12-17(4,15)16/h8,11-12H,5-7H2,1-4H3,(H,13,14). The second kappa shape index (κ2) is 6.32. The van der Waals surface area contributed by atoms with Crippen LogP contribution in [-0.4, -0.2) is 43.9 Å². The van der Waals surface area contributed by atoms with Gasteiger partial charge < -0.3 is 10.4 Å². The van der Waals surface area contributed by atoms with Crippen molar-refractivity contribution in [1.29, 1.82) is 0 Å². The maximum Gasteiger partial charge on any atom is 0.320 e. The summed E-state index contributed by atoms with van der Waals surface area (Å²) in [6.45, 7) is 5.56. The van der Waals surface area contributed by atoms with Gasteiger partial charge in [-0.25, -0.2) is 13.1 Å². The summed E-state index contributed by atoms with van der Waals surface area (Å²) in [5.41, 5.74) is -0.713. The van der Waals surface area contributed by atoms with Crippen LogP contribution in [0.4, 0.5) is 0 Å². The highest BCUT2D eigenvalue weighted by Crippen LogP contribution is 2.04. The van der Waals surface area contributed by atoms with Gasteiger partial charge >= 0.3 is 5.97 Å². The van der Waals surface area contributed by atoms with Gasteiger partial charge in [0, 0.05) is 12.1 Å². The number of sulfonamides is 1. The van der Waals surface area contributed by atoms with Gasteiger partial charge in [-0.1, -0.05) is 13.3 Å². The van der Waals surface area contributed by atoms with E-state index in [2.05, 4.69) is 10.0 Å². The van der Waals surface area contributed by atoms with Crippen LogP contribution in [0.3, 0.4) is 0 Å². The van der Waals surface area contributed by atoms with Crippen LogP contribution in [0.1, 0.15) is 33.6 Å². The van der Waals surface area contributed by atoms with Gasteiger partial charge in [-0.3, -0.25) is 4.79 Å². The van der Waals surface area contributed by atoms with Crippen molar-refractivity contribution < 1.29 is 18.3 Å². The van der Waals surface area contributed by atoms with E-state index < -0.39 is 27.6 Å². The van der Waals surface area contributed by atoms with Crippen LogP contribution in [0.2, 0.25) is 0 Å². The van der Waals surface area contributed by atoms with E-state index in [1.165, 1.54) is 0 Å². The van der Waals surface area contributed by atoms with Crippen LogP contribution in [-0.2, 0) is 14.8 Å². The first-order valence-corrected chi connectivity index (χ1v) is 7.41. The molecule has 0 radical (unpaired) electrons. The summed E-state index contributed by atoms with van der Waals surface area (Å²) in [6, 6.07) is -0.638. The van der Waals surface area contributed by atoms with Crippen molar-refractivity contribution in [3.63, 3.8) is 0 Å². The molecule has 0 aromatic rings. The van der Waals surface area contributed by atoms with Crippen LogP contribution in [0.25, 0.3) is 0 Å². The molecule has 0 spiro atoms. The fourth-order valence-electron chi connectivity index (χ4n) is 1.52. The normalized spacial score (nSPS) is 14.6. The van der Waals surface area contributed by atoms with Crippen LogP contribution in [0, 0.1) is 0 Å². The van der Waals surface area contributed by atoms with Crippen LogP contribution < -0.4 is 10.0 Å². The van der Waals surface area contributed by atoms with Crippen molar-refractivity contribution in [3.8, 4) is 0 Å². The molecule has 3 N–H and O–H groups in total. The third-order valence-electron chi connectivity index (χ3n) is 2.13. The quantitative estimate of drug-likeness (QED) is 0.581. The lowest BCUT2D eigenvalue weighted by molar-refractivity contribution is -0.139. The fourth-order valence-corrected chi connectivity index (χ4v) is 2.59.